The summed E-state index contributed by atoms with van der Waals surface area (Å²) >= 11 is 0.907. The van der Waals surface area contributed by atoms with Gasteiger partial charge in [-0.3, -0.25) is 19.3 Å². The highest BCUT2D eigenvalue weighted by Crippen LogP contribution is 2.33. The van der Waals surface area contributed by atoms with Gasteiger partial charge in [0.25, 0.3) is 17.1 Å². The molecule has 1 heterocycles. The first kappa shape index (κ1) is 22.9. The van der Waals surface area contributed by atoms with Crippen LogP contribution < -0.4 is 14.8 Å². The lowest BCUT2D eigenvalue weighted by Crippen LogP contribution is -2.37. The van der Waals surface area contributed by atoms with Crippen LogP contribution in [0.4, 0.5) is 4.79 Å². The Hall–Kier alpha value is -3.26. The summed E-state index contributed by atoms with van der Waals surface area (Å²) in [5.41, 5.74) is 1.27. The van der Waals surface area contributed by atoms with Gasteiger partial charge in [0.1, 0.15) is 0 Å². The minimum atomic E-state index is -0.349. The molecule has 1 aliphatic heterocycles. The van der Waals surface area contributed by atoms with Crippen LogP contribution in [0.5, 0.6) is 11.5 Å². The number of imide groups is 1. The molecular formula is C25H26N2O5S. The molecule has 1 N–H and O–H groups in total. The summed E-state index contributed by atoms with van der Waals surface area (Å²) in [6.07, 6.45) is 6.27. The maximum atomic E-state index is 12.6. The van der Waals surface area contributed by atoms with Crippen LogP contribution in [-0.2, 0) is 4.79 Å². The first-order chi connectivity index (χ1) is 16.0. The largest absolute Gasteiger partial charge is 0.493 e. The van der Waals surface area contributed by atoms with Gasteiger partial charge in [0.2, 0.25) is 0 Å². The Labute approximate surface area is 197 Å². The Morgan fingerprint density at radius 3 is 2.61 bits per heavy atom. The Kier molecular flexibility index (Phi) is 7.34. The molecule has 2 aromatic carbocycles. The summed E-state index contributed by atoms with van der Waals surface area (Å²) in [6, 6.07) is 14.4. The number of amides is 3. The molecule has 2 fully saturated rings. The molecule has 0 unspecified atom stereocenters. The number of hydrogen-bond donors (Lipinski definition) is 1. The second-order valence-electron chi connectivity index (χ2n) is 7.89. The molecule has 0 bridgehead atoms. The van der Waals surface area contributed by atoms with E-state index in [2.05, 4.69) is 5.32 Å². The lowest BCUT2D eigenvalue weighted by Gasteiger charge is -2.17. The average Bonchev–Trinajstić information content (AvgIpc) is 3.43. The molecule has 1 aliphatic carbocycles. The third kappa shape index (κ3) is 5.57. The third-order valence-corrected chi connectivity index (χ3v) is 6.52. The molecule has 4 rings (SSSR count). The van der Waals surface area contributed by atoms with Crippen molar-refractivity contribution in [1.82, 2.24) is 10.2 Å². The van der Waals surface area contributed by atoms with Crippen molar-refractivity contribution in [1.29, 1.82) is 0 Å². The van der Waals surface area contributed by atoms with Crippen LogP contribution in [0.3, 0.4) is 0 Å². The van der Waals surface area contributed by atoms with Crippen LogP contribution in [-0.4, -0.2) is 48.3 Å². The van der Waals surface area contributed by atoms with Gasteiger partial charge in [-0.15, -0.1) is 0 Å². The van der Waals surface area contributed by atoms with Crippen LogP contribution in [0.1, 0.15) is 41.6 Å². The van der Waals surface area contributed by atoms with Gasteiger partial charge >= 0.3 is 0 Å². The number of methoxy groups -OCH3 is 1. The number of nitrogens with one attached hydrogen (secondary N) is 1. The molecule has 1 saturated heterocycles. The monoisotopic (exact) mass is 466 g/mol. The van der Waals surface area contributed by atoms with Gasteiger partial charge in [-0.25, -0.2) is 0 Å². The van der Waals surface area contributed by atoms with Gasteiger partial charge in [0, 0.05) is 18.7 Å². The van der Waals surface area contributed by atoms with Crippen molar-refractivity contribution in [3.63, 3.8) is 0 Å². The van der Waals surface area contributed by atoms with E-state index >= 15 is 0 Å². The molecule has 2 aromatic rings. The lowest BCUT2D eigenvalue weighted by atomic mass is 10.2. The van der Waals surface area contributed by atoms with Crippen molar-refractivity contribution in [2.24, 2.45) is 0 Å². The van der Waals surface area contributed by atoms with E-state index in [1.807, 2.05) is 30.3 Å². The van der Waals surface area contributed by atoms with Crippen molar-refractivity contribution in [3.05, 3.63) is 64.6 Å². The number of nitrogens with zero attached hydrogens (tertiary/aromatic N) is 1. The zero-order valence-electron chi connectivity index (χ0n) is 18.4. The highest BCUT2D eigenvalue weighted by atomic mass is 32.2. The molecule has 1 saturated carbocycles. The Bertz CT molecular complexity index is 1060. The van der Waals surface area contributed by atoms with Gasteiger partial charge in [0.05, 0.1) is 18.1 Å². The van der Waals surface area contributed by atoms with Crippen molar-refractivity contribution < 1.29 is 23.9 Å². The first-order valence-corrected chi connectivity index (χ1v) is 11.8. The number of benzene rings is 2. The summed E-state index contributed by atoms with van der Waals surface area (Å²) in [6.45, 7) is 0.251. The molecule has 172 valence electrons. The lowest BCUT2D eigenvalue weighted by molar-refractivity contribution is -0.122. The number of carbonyl (C=O) groups is 3. The fraction of sp³-hybridized carbons (Fsp3) is 0.320. The Balaban J connectivity index is 1.33. The van der Waals surface area contributed by atoms with E-state index < -0.39 is 0 Å². The summed E-state index contributed by atoms with van der Waals surface area (Å²) in [5, 5.41) is 2.42. The molecule has 2 aliphatic rings. The van der Waals surface area contributed by atoms with E-state index in [0.29, 0.717) is 22.0 Å². The molecule has 0 atom stereocenters. The number of thioether (sulfide) groups is 1. The maximum absolute atomic E-state index is 12.6. The topological polar surface area (TPSA) is 84.9 Å². The van der Waals surface area contributed by atoms with Gasteiger partial charge in [-0.05, 0) is 67.3 Å². The predicted octanol–water partition coefficient (Wildman–Crippen LogP) is 4.48. The van der Waals surface area contributed by atoms with Crippen LogP contribution in [0, 0.1) is 0 Å². The minimum absolute atomic E-state index is 0.0997. The van der Waals surface area contributed by atoms with Crippen molar-refractivity contribution in [3.8, 4) is 11.5 Å². The van der Waals surface area contributed by atoms with Crippen molar-refractivity contribution in [2.45, 2.75) is 31.8 Å². The molecule has 3 amide bonds. The highest BCUT2D eigenvalue weighted by molar-refractivity contribution is 8.18. The fourth-order valence-corrected chi connectivity index (χ4v) is 4.73. The molecule has 0 radical (unpaired) electrons. The van der Waals surface area contributed by atoms with Crippen molar-refractivity contribution in [2.75, 3.05) is 20.2 Å². The molecule has 0 spiro atoms. The fourth-order valence-electron chi connectivity index (χ4n) is 3.87. The van der Waals surface area contributed by atoms with Gasteiger partial charge in [0.15, 0.2) is 11.5 Å². The van der Waals surface area contributed by atoms with E-state index in [9.17, 15) is 14.4 Å². The maximum Gasteiger partial charge on any atom is 0.293 e. The predicted molar refractivity (Wildman–Crippen MR) is 127 cm³/mol. The Morgan fingerprint density at radius 2 is 1.88 bits per heavy atom. The smallest absolute Gasteiger partial charge is 0.293 e. The van der Waals surface area contributed by atoms with E-state index in [1.54, 1.807) is 31.4 Å². The standard InChI is InChI=1S/C25H26N2O5S/c1-31-21-16-18(11-12-20(21)32-19-9-5-6-10-19)23(28)26-13-14-27-24(29)22(33-25(27)30)15-17-7-3-2-4-8-17/h2-4,7-8,11-12,15-16,19H,5-6,9-10,13-14H2,1H3,(H,26,28)/b22-15-. The van der Waals surface area contributed by atoms with Gasteiger partial charge in [-0.2, -0.15) is 0 Å². The molecule has 8 heteroatoms. The molecule has 0 aromatic heterocycles. The molecule has 33 heavy (non-hydrogen) atoms. The summed E-state index contributed by atoms with van der Waals surface area (Å²) in [4.78, 5) is 39.0. The van der Waals surface area contributed by atoms with E-state index in [-0.39, 0.29) is 36.2 Å². The second-order valence-corrected chi connectivity index (χ2v) is 8.88. The summed E-state index contributed by atoms with van der Waals surface area (Å²) in [5.74, 6) is 0.473. The van der Waals surface area contributed by atoms with Crippen LogP contribution in [0.15, 0.2) is 53.4 Å². The summed E-state index contributed by atoms with van der Waals surface area (Å²) in [7, 11) is 1.54. The van der Waals surface area contributed by atoms with Gasteiger partial charge < -0.3 is 14.8 Å². The first-order valence-electron chi connectivity index (χ1n) is 11.0. The zero-order valence-corrected chi connectivity index (χ0v) is 19.2. The third-order valence-electron chi connectivity index (χ3n) is 5.61. The minimum Gasteiger partial charge on any atom is -0.493 e. The number of ether oxygens (including phenoxy) is 2. The molecule has 7 nitrogen and oxygen atoms in total. The van der Waals surface area contributed by atoms with Crippen LogP contribution >= 0.6 is 11.8 Å². The van der Waals surface area contributed by atoms with E-state index in [1.165, 1.54) is 0 Å². The average molecular weight is 467 g/mol. The van der Waals surface area contributed by atoms with Crippen molar-refractivity contribution >= 4 is 34.9 Å². The quantitative estimate of drug-likeness (QED) is 0.578. The SMILES string of the molecule is COc1cc(C(=O)NCCN2C(=O)S/C(=C\c3ccccc3)C2=O)ccc1OC1CCCC1. The Morgan fingerprint density at radius 1 is 1.12 bits per heavy atom. The normalized spacial score (nSPS) is 17.6. The zero-order chi connectivity index (χ0) is 23.2. The number of hydrogen-bond acceptors (Lipinski definition) is 6. The van der Waals surface area contributed by atoms with Crippen LogP contribution in [0.25, 0.3) is 6.08 Å². The van der Waals surface area contributed by atoms with E-state index in [0.717, 1.165) is 47.9 Å². The van der Waals surface area contributed by atoms with Gasteiger partial charge in [-0.1, -0.05) is 30.3 Å². The summed E-state index contributed by atoms with van der Waals surface area (Å²) < 4.78 is 11.4. The highest BCUT2D eigenvalue weighted by Gasteiger charge is 2.34. The second kappa shape index (κ2) is 10.6. The van der Waals surface area contributed by atoms with E-state index in [4.69, 9.17) is 9.47 Å². The number of carbonyl (C=O) groups excluding carboxylic acids is 3. The van der Waals surface area contributed by atoms with Crippen LogP contribution in [0.2, 0.25) is 0 Å². The molecular weight excluding hydrogens is 440 g/mol. The number of rotatable bonds is 8.